The third-order valence-corrected chi connectivity index (χ3v) is 4.59. The molecule has 2 rings (SSSR count). The van der Waals surface area contributed by atoms with Gasteiger partial charge in [-0.2, -0.15) is 0 Å². The Labute approximate surface area is 125 Å². The van der Waals surface area contributed by atoms with Crippen molar-refractivity contribution < 1.29 is 9.53 Å². The van der Waals surface area contributed by atoms with Crippen molar-refractivity contribution in [2.24, 2.45) is 0 Å². The number of methoxy groups -OCH3 is 1. The smallest absolute Gasteiger partial charge is 0.325 e. The first kappa shape index (κ1) is 15.4. The minimum Gasteiger partial charge on any atom is -0.468 e. The summed E-state index contributed by atoms with van der Waals surface area (Å²) in [5.74, 6) is 0.739. The summed E-state index contributed by atoms with van der Waals surface area (Å²) < 4.78 is 4.96. The van der Waals surface area contributed by atoms with E-state index in [0.29, 0.717) is 6.04 Å². The molecule has 1 aliphatic carbocycles. The zero-order valence-electron chi connectivity index (χ0n) is 12.4. The Hall–Kier alpha value is -1.00. The molecule has 0 bridgehead atoms. The van der Waals surface area contributed by atoms with Crippen LogP contribution in [-0.4, -0.2) is 30.4 Å². The highest BCUT2D eigenvalue weighted by atomic mass is 32.2. The average Bonchev–Trinajstić information content (AvgIpc) is 3.21. The number of esters is 1. The van der Waals surface area contributed by atoms with E-state index in [9.17, 15) is 4.79 Å². The van der Waals surface area contributed by atoms with Crippen LogP contribution in [0.25, 0.3) is 0 Å². The average molecular weight is 293 g/mol. The van der Waals surface area contributed by atoms with Crippen molar-refractivity contribution in [1.82, 2.24) is 5.32 Å². The number of aryl methyl sites for hydroxylation is 1. The Morgan fingerprint density at radius 3 is 2.85 bits per heavy atom. The van der Waals surface area contributed by atoms with Crippen LogP contribution in [-0.2, 0) is 9.53 Å². The summed E-state index contributed by atoms with van der Waals surface area (Å²) in [6, 6.07) is 8.94. The number of thioether (sulfide) groups is 1. The highest BCUT2D eigenvalue weighted by Crippen LogP contribution is 2.27. The molecular weight excluding hydrogens is 270 g/mol. The van der Waals surface area contributed by atoms with Gasteiger partial charge in [0.2, 0.25) is 0 Å². The number of carbonyl (C=O) groups excluding carboxylic acids is 1. The van der Waals surface area contributed by atoms with Gasteiger partial charge in [0, 0.05) is 16.7 Å². The molecule has 1 aromatic rings. The van der Waals surface area contributed by atoms with E-state index in [1.807, 2.05) is 6.92 Å². The van der Waals surface area contributed by atoms with Crippen molar-refractivity contribution in [1.29, 1.82) is 0 Å². The van der Waals surface area contributed by atoms with Crippen molar-refractivity contribution in [2.45, 2.75) is 49.6 Å². The lowest BCUT2D eigenvalue weighted by Gasteiger charge is -2.28. The number of benzene rings is 1. The van der Waals surface area contributed by atoms with Gasteiger partial charge in [0.25, 0.3) is 0 Å². The fraction of sp³-hybridized carbons (Fsp3) is 0.562. The molecule has 1 aliphatic rings. The summed E-state index contributed by atoms with van der Waals surface area (Å²) in [6.45, 7) is 4.05. The fourth-order valence-corrected chi connectivity index (χ4v) is 3.40. The largest absolute Gasteiger partial charge is 0.468 e. The lowest BCUT2D eigenvalue weighted by Crippen LogP contribution is -2.51. The Balaban J connectivity index is 1.89. The molecule has 0 radical (unpaired) electrons. The maximum atomic E-state index is 12.0. The standard InChI is InChI=1S/C16H23NO2S/c1-12-5-4-6-14(11-12)20-10-9-16(2,15(18)19-3)17-13-7-8-13/h4-6,11,13,17H,7-10H2,1-3H3. The normalized spacial score (nSPS) is 17.6. The summed E-state index contributed by atoms with van der Waals surface area (Å²) in [7, 11) is 1.46. The fourth-order valence-electron chi connectivity index (χ4n) is 2.21. The lowest BCUT2D eigenvalue weighted by atomic mass is 9.99. The van der Waals surface area contributed by atoms with Crippen LogP contribution >= 0.6 is 11.8 Å². The van der Waals surface area contributed by atoms with E-state index in [1.165, 1.54) is 17.6 Å². The maximum Gasteiger partial charge on any atom is 0.325 e. The van der Waals surface area contributed by atoms with Crippen LogP contribution in [0.2, 0.25) is 0 Å². The first-order valence-electron chi connectivity index (χ1n) is 7.09. The molecule has 0 heterocycles. The molecule has 1 fully saturated rings. The molecule has 3 nitrogen and oxygen atoms in total. The Morgan fingerprint density at radius 1 is 1.50 bits per heavy atom. The van der Waals surface area contributed by atoms with Crippen LogP contribution in [0.3, 0.4) is 0 Å². The molecule has 0 spiro atoms. The summed E-state index contributed by atoms with van der Waals surface area (Å²) in [5.41, 5.74) is 0.703. The molecular formula is C16H23NO2S. The molecule has 1 atom stereocenters. The molecule has 1 aromatic carbocycles. The first-order valence-corrected chi connectivity index (χ1v) is 8.07. The molecule has 0 aliphatic heterocycles. The second-order valence-corrected chi connectivity index (χ2v) is 6.83. The topological polar surface area (TPSA) is 38.3 Å². The summed E-state index contributed by atoms with van der Waals surface area (Å²) in [4.78, 5) is 13.3. The van der Waals surface area contributed by atoms with Gasteiger partial charge in [-0.15, -0.1) is 11.8 Å². The number of hydrogen-bond acceptors (Lipinski definition) is 4. The van der Waals surface area contributed by atoms with E-state index >= 15 is 0 Å². The van der Waals surface area contributed by atoms with Crippen LogP contribution in [0.4, 0.5) is 0 Å². The third-order valence-electron chi connectivity index (χ3n) is 3.60. The van der Waals surface area contributed by atoms with Crippen molar-refractivity contribution in [3.63, 3.8) is 0 Å². The molecule has 20 heavy (non-hydrogen) atoms. The van der Waals surface area contributed by atoms with Crippen LogP contribution in [0.5, 0.6) is 0 Å². The maximum absolute atomic E-state index is 12.0. The quantitative estimate of drug-likeness (QED) is 0.619. The molecule has 1 unspecified atom stereocenters. The van der Waals surface area contributed by atoms with E-state index in [2.05, 4.69) is 36.5 Å². The molecule has 1 saturated carbocycles. The number of ether oxygens (including phenoxy) is 1. The van der Waals surface area contributed by atoms with Gasteiger partial charge in [-0.05, 0) is 45.2 Å². The van der Waals surface area contributed by atoms with Crippen LogP contribution < -0.4 is 5.32 Å². The van der Waals surface area contributed by atoms with Crippen LogP contribution in [0.15, 0.2) is 29.2 Å². The van der Waals surface area contributed by atoms with Crippen molar-refractivity contribution in [3.05, 3.63) is 29.8 Å². The molecule has 0 aromatic heterocycles. The second-order valence-electron chi connectivity index (χ2n) is 5.66. The minimum absolute atomic E-state index is 0.158. The predicted octanol–water partition coefficient (Wildman–Crippen LogP) is 3.16. The Morgan fingerprint density at radius 2 is 2.25 bits per heavy atom. The minimum atomic E-state index is -0.563. The van der Waals surface area contributed by atoms with Gasteiger partial charge in [0.05, 0.1) is 7.11 Å². The van der Waals surface area contributed by atoms with Gasteiger partial charge in [-0.3, -0.25) is 10.1 Å². The number of nitrogens with one attached hydrogen (secondary N) is 1. The predicted molar refractivity (Wildman–Crippen MR) is 83.1 cm³/mol. The molecule has 0 saturated heterocycles. The lowest BCUT2D eigenvalue weighted by molar-refractivity contribution is -0.148. The van der Waals surface area contributed by atoms with Gasteiger partial charge in [-0.1, -0.05) is 17.7 Å². The van der Waals surface area contributed by atoms with E-state index in [1.54, 1.807) is 11.8 Å². The van der Waals surface area contributed by atoms with Gasteiger partial charge >= 0.3 is 5.97 Å². The van der Waals surface area contributed by atoms with Gasteiger partial charge in [-0.25, -0.2) is 0 Å². The van der Waals surface area contributed by atoms with E-state index in [4.69, 9.17) is 4.74 Å². The van der Waals surface area contributed by atoms with E-state index < -0.39 is 5.54 Å². The van der Waals surface area contributed by atoms with Crippen LogP contribution in [0, 0.1) is 6.92 Å². The van der Waals surface area contributed by atoms with Gasteiger partial charge < -0.3 is 4.74 Å². The first-order chi connectivity index (χ1) is 9.53. The molecule has 110 valence electrons. The molecule has 1 N–H and O–H groups in total. The monoisotopic (exact) mass is 293 g/mol. The highest BCUT2D eigenvalue weighted by molar-refractivity contribution is 7.99. The zero-order valence-corrected chi connectivity index (χ0v) is 13.3. The van der Waals surface area contributed by atoms with Crippen LogP contribution in [0.1, 0.15) is 31.7 Å². The van der Waals surface area contributed by atoms with Crippen molar-refractivity contribution in [3.8, 4) is 0 Å². The Bertz CT molecular complexity index is 473. The SMILES string of the molecule is COC(=O)C(C)(CCSc1cccc(C)c1)NC1CC1. The summed E-state index contributed by atoms with van der Waals surface area (Å²) in [5, 5.41) is 3.43. The Kier molecular flexibility index (Phi) is 5.11. The second kappa shape index (κ2) is 6.64. The van der Waals surface area contributed by atoms with Crippen molar-refractivity contribution in [2.75, 3.05) is 12.9 Å². The van der Waals surface area contributed by atoms with Crippen molar-refractivity contribution >= 4 is 17.7 Å². The number of hydrogen-bond donors (Lipinski definition) is 1. The van der Waals surface area contributed by atoms with E-state index in [-0.39, 0.29) is 5.97 Å². The summed E-state index contributed by atoms with van der Waals surface area (Å²) in [6.07, 6.45) is 3.10. The molecule has 0 amide bonds. The van der Waals surface area contributed by atoms with E-state index in [0.717, 1.165) is 25.0 Å². The number of carbonyl (C=O) groups is 1. The summed E-state index contributed by atoms with van der Waals surface area (Å²) >= 11 is 1.79. The zero-order chi connectivity index (χ0) is 14.6. The third kappa shape index (κ3) is 4.25. The molecule has 4 heteroatoms. The van der Waals surface area contributed by atoms with Gasteiger partial charge in [0.15, 0.2) is 0 Å². The highest BCUT2D eigenvalue weighted by Gasteiger charge is 2.38. The van der Waals surface area contributed by atoms with Gasteiger partial charge in [0.1, 0.15) is 5.54 Å². The number of rotatable bonds is 7.